The van der Waals surface area contributed by atoms with Crippen LogP contribution in [0.25, 0.3) is 66.7 Å². The van der Waals surface area contributed by atoms with Crippen LogP contribution in [0.1, 0.15) is 0 Å². The van der Waals surface area contributed by atoms with E-state index in [0.717, 1.165) is 72.4 Å². The fourth-order valence-electron chi connectivity index (χ4n) is 6.53. The molecule has 0 N–H and O–H groups in total. The lowest BCUT2D eigenvalue weighted by atomic mass is 10.0. The van der Waals surface area contributed by atoms with Crippen molar-refractivity contribution < 1.29 is 8.83 Å². The molecule has 9 rings (SSSR count). The molecule has 222 valence electrons. The predicted octanol–water partition coefficient (Wildman–Crippen LogP) is 12.2. The zero-order valence-electron chi connectivity index (χ0n) is 25.4. The van der Waals surface area contributed by atoms with Gasteiger partial charge in [-0.3, -0.25) is 0 Å². The van der Waals surface area contributed by atoms with Crippen molar-refractivity contribution in [3.63, 3.8) is 0 Å². The largest absolute Gasteiger partial charge is 0.456 e. The maximum absolute atomic E-state index is 6.56. The maximum Gasteiger partial charge on any atom is 0.228 e. The van der Waals surface area contributed by atoms with Crippen molar-refractivity contribution in [2.75, 3.05) is 4.90 Å². The van der Waals surface area contributed by atoms with Crippen molar-refractivity contribution >= 4 is 50.1 Å². The summed E-state index contributed by atoms with van der Waals surface area (Å²) in [5.74, 6) is 0.583. The molecule has 0 aliphatic heterocycles. The van der Waals surface area contributed by atoms with E-state index in [1.54, 1.807) is 0 Å². The first-order chi connectivity index (χ1) is 23.3. The van der Waals surface area contributed by atoms with Crippen molar-refractivity contribution in [1.29, 1.82) is 0 Å². The third-order valence-electron chi connectivity index (χ3n) is 8.70. The van der Waals surface area contributed by atoms with Gasteiger partial charge in [0.1, 0.15) is 16.7 Å². The predicted molar refractivity (Wildman–Crippen MR) is 192 cm³/mol. The van der Waals surface area contributed by atoms with E-state index in [9.17, 15) is 0 Å². The molecule has 0 saturated heterocycles. The van der Waals surface area contributed by atoms with Crippen molar-refractivity contribution in [3.05, 3.63) is 170 Å². The van der Waals surface area contributed by atoms with Gasteiger partial charge in [-0.25, -0.2) is 4.98 Å². The molecule has 2 heterocycles. The number of rotatable bonds is 6. The Morgan fingerprint density at radius 2 is 1.09 bits per heavy atom. The van der Waals surface area contributed by atoms with Crippen molar-refractivity contribution in [2.24, 2.45) is 0 Å². The maximum atomic E-state index is 6.56. The van der Waals surface area contributed by atoms with Gasteiger partial charge in [-0.1, -0.05) is 109 Å². The van der Waals surface area contributed by atoms with E-state index in [1.807, 2.05) is 48.5 Å². The topological polar surface area (TPSA) is 42.4 Å². The summed E-state index contributed by atoms with van der Waals surface area (Å²) in [6.07, 6.45) is 0. The van der Waals surface area contributed by atoms with E-state index >= 15 is 0 Å². The summed E-state index contributed by atoms with van der Waals surface area (Å²) in [5.41, 5.74) is 11.8. The van der Waals surface area contributed by atoms with Gasteiger partial charge in [0, 0.05) is 39.3 Å². The Morgan fingerprint density at radius 3 is 1.94 bits per heavy atom. The van der Waals surface area contributed by atoms with Gasteiger partial charge in [0.05, 0.1) is 5.69 Å². The molecule has 0 radical (unpaired) electrons. The quantitative estimate of drug-likeness (QED) is 0.189. The summed E-state index contributed by atoms with van der Waals surface area (Å²) in [6, 6.07) is 58.7. The minimum absolute atomic E-state index is 0.583. The van der Waals surface area contributed by atoms with Crippen LogP contribution in [0.2, 0.25) is 0 Å². The minimum Gasteiger partial charge on any atom is -0.456 e. The van der Waals surface area contributed by atoms with E-state index in [0.29, 0.717) is 5.89 Å². The zero-order chi connectivity index (χ0) is 31.2. The average Bonchev–Trinajstić information content (AvgIpc) is 3.74. The first-order valence-corrected chi connectivity index (χ1v) is 15.7. The molecule has 0 atom stereocenters. The van der Waals surface area contributed by atoms with Gasteiger partial charge in [0.15, 0.2) is 5.58 Å². The fraction of sp³-hybridized carbons (Fsp3) is 0. The monoisotopic (exact) mass is 604 g/mol. The lowest BCUT2D eigenvalue weighted by molar-refractivity contribution is 0.620. The summed E-state index contributed by atoms with van der Waals surface area (Å²) >= 11 is 0. The fourth-order valence-corrected chi connectivity index (χ4v) is 6.53. The first kappa shape index (κ1) is 27.0. The van der Waals surface area contributed by atoms with Gasteiger partial charge in [-0.2, -0.15) is 0 Å². The second kappa shape index (κ2) is 11.2. The third kappa shape index (κ3) is 4.75. The number of fused-ring (bicyclic) bond motifs is 4. The summed E-state index contributed by atoms with van der Waals surface area (Å²) < 4.78 is 12.8. The Balaban J connectivity index is 1.24. The van der Waals surface area contributed by atoms with Crippen molar-refractivity contribution in [1.82, 2.24) is 4.98 Å². The molecular formula is C43H28N2O2. The van der Waals surface area contributed by atoms with E-state index < -0.39 is 0 Å². The number of oxazole rings is 1. The molecule has 0 unspecified atom stereocenters. The molecule has 0 aliphatic carbocycles. The molecule has 0 amide bonds. The smallest absolute Gasteiger partial charge is 0.228 e. The summed E-state index contributed by atoms with van der Waals surface area (Å²) in [5, 5.41) is 2.00. The molecule has 7 aromatic carbocycles. The highest BCUT2D eigenvalue weighted by Gasteiger charge is 2.21. The Hall–Kier alpha value is -6.39. The molecule has 4 heteroatoms. The number of furan rings is 1. The van der Waals surface area contributed by atoms with E-state index in [4.69, 9.17) is 13.8 Å². The molecule has 0 saturated carbocycles. The standard InChI is InChI=1S/C43H28N2O2/c1-3-13-29(14-4-1)31-17-11-18-32(27-31)45(38-22-9-7-19-34(38)30-15-5-2-6-16-30)33-25-26-35-41(28-33)46-40-24-12-20-36(42(35)40)43-44-37-21-8-10-23-39(37)47-43/h1-28H. The van der Waals surface area contributed by atoms with Gasteiger partial charge >= 0.3 is 0 Å². The number of hydrogen-bond acceptors (Lipinski definition) is 4. The molecule has 0 aliphatic rings. The zero-order valence-corrected chi connectivity index (χ0v) is 25.4. The molecule has 2 aromatic heterocycles. The third-order valence-corrected chi connectivity index (χ3v) is 8.70. The van der Waals surface area contributed by atoms with Crippen LogP contribution in [0.5, 0.6) is 0 Å². The highest BCUT2D eigenvalue weighted by atomic mass is 16.3. The molecular weight excluding hydrogens is 576 g/mol. The molecule has 4 nitrogen and oxygen atoms in total. The molecule has 9 aromatic rings. The highest BCUT2D eigenvalue weighted by molar-refractivity contribution is 6.12. The summed E-state index contributed by atoms with van der Waals surface area (Å²) in [4.78, 5) is 7.12. The number of benzene rings is 7. The number of para-hydroxylation sites is 3. The number of nitrogens with zero attached hydrogens (tertiary/aromatic N) is 2. The number of anilines is 3. The molecule has 0 fully saturated rings. The van der Waals surface area contributed by atoms with Gasteiger partial charge in [0.25, 0.3) is 0 Å². The Bertz CT molecular complexity index is 2500. The van der Waals surface area contributed by atoms with Crippen LogP contribution in [0.15, 0.2) is 179 Å². The van der Waals surface area contributed by atoms with Crippen LogP contribution in [-0.2, 0) is 0 Å². The van der Waals surface area contributed by atoms with Crippen molar-refractivity contribution in [2.45, 2.75) is 0 Å². The first-order valence-electron chi connectivity index (χ1n) is 15.7. The Morgan fingerprint density at radius 1 is 0.426 bits per heavy atom. The molecule has 47 heavy (non-hydrogen) atoms. The SMILES string of the molecule is c1ccc(-c2cccc(N(c3ccc4c(c3)oc3cccc(-c5nc6ccccc6o5)c34)c3ccccc3-c3ccccc3)c2)cc1. The lowest BCUT2D eigenvalue weighted by Crippen LogP contribution is -2.11. The van der Waals surface area contributed by atoms with Gasteiger partial charge in [-0.15, -0.1) is 0 Å². The van der Waals surface area contributed by atoms with Crippen LogP contribution in [-0.4, -0.2) is 4.98 Å². The second-order valence-corrected chi connectivity index (χ2v) is 11.6. The van der Waals surface area contributed by atoms with Crippen LogP contribution in [0.4, 0.5) is 17.1 Å². The van der Waals surface area contributed by atoms with Crippen molar-refractivity contribution in [3.8, 4) is 33.7 Å². The average molecular weight is 605 g/mol. The van der Waals surface area contributed by atoms with Crippen LogP contribution >= 0.6 is 0 Å². The summed E-state index contributed by atoms with van der Waals surface area (Å²) in [7, 11) is 0. The van der Waals surface area contributed by atoms with Crippen LogP contribution in [0.3, 0.4) is 0 Å². The lowest BCUT2D eigenvalue weighted by Gasteiger charge is -2.28. The summed E-state index contributed by atoms with van der Waals surface area (Å²) in [6.45, 7) is 0. The second-order valence-electron chi connectivity index (χ2n) is 11.6. The van der Waals surface area contributed by atoms with E-state index in [1.165, 1.54) is 5.56 Å². The number of hydrogen-bond donors (Lipinski definition) is 0. The number of aromatic nitrogens is 1. The van der Waals surface area contributed by atoms with Gasteiger partial charge < -0.3 is 13.7 Å². The van der Waals surface area contributed by atoms with Crippen LogP contribution in [0, 0.1) is 0 Å². The molecule has 0 spiro atoms. The minimum atomic E-state index is 0.583. The Labute approximate surface area is 271 Å². The van der Waals surface area contributed by atoms with Gasteiger partial charge in [0.2, 0.25) is 5.89 Å². The van der Waals surface area contributed by atoms with E-state index in [-0.39, 0.29) is 0 Å². The van der Waals surface area contributed by atoms with Gasteiger partial charge in [-0.05, 0) is 71.3 Å². The molecule has 0 bridgehead atoms. The highest BCUT2D eigenvalue weighted by Crippen LogP contribution is 2.44. The van der Waals surface area contributed by atoms with E-state index in [2.05, 4.69) is 126 Å². The van der Waals surface area contributed by atoms with Crippen LogP contribution < -0.4 is 4.90 Å². The normalized spacial score (nSPS) is 11.4. The Kier molecular flexibility index (Phi) is 6.43.